The van der Waals surface area contributed by atoms with E-state index in [-0.39, 0.29) is 17.5 Å². The lowest BCUT2D eigenvalue weighted by molar-refractivity contribution is 0.0942. The van der Waals surface area contributed by atoms with Gasteiger partial charge in [-0.25, -0.2) is 4.39 Å². The molecule has 0 spiro atoms. The summed E-state index contributed by atoms with van der Waals surface area (Å²) in [6.07, 6.45) is 0.777. The number of halogens is 1. The average Bonchev–Trinajstić information content (AvgIpc) is 3.15. The fraction of sp³-hybridized carbons (Fsp3) is 0.238. The minimum atomic E-state index is -0.469. The molecule has 6 nitrogen and oxygen atoms in total. The maximum Gasteiger partial charge on any atom is 0.252 e. The second kappa shape index (κ2) is 7.34. The summed E-state index contributed by atoms with van der Waals surface area (Å²) in [7, 11) is 1.63. The van der Waals surface area contributed by atoms with Crippen molar-refractivity contribution < 1.29 is 13.9 Å². The van der Waals surface area contributed by atoms with E-state index in [0.717, 1.165) is 24.4 Å². The Hall–Kier alpha value is -3.35. The molecule has 7 heteroatoms. The van der Waals surface area contributed by atoms with Gasteiger partial charge in [0.05, 0.1) is 23.9 Å². The predicted octanol–water partition coefficient (Wildman–Crippen LogP) is 2.68. The number of carbonyl (C=O) groups is 1. The van der Waals surface area contributed by atoms with Crippen molar-refractivity contribution in [3.8, 4) is 5.75 Å². The number of methoxy groups -OCH3 is 1. The molecule has 1 atom stereocenters. The molecule has 0 saturated carbocycles. The predicted molar refractivity (Wildman–Crippen MR) is 106 cm³/mol. The third-order valence-electron chi connectivity index (χ3n) is 5.00. The molecular formula is C21H20FN3O3. The summed E-state index contributed by atoms with van der Waals surface area (Å²) in [6, 6.07) is 12.9. The third kappa shape index (κ3) is 3.43. The van der Waals surface area contributed by atoms with Gasteiger partial charge in [0.25, 0.3) is 5.91 Å². The Balaban J connectivity index is 1.54. The Morgan fingerprint density at radius 1 is 1.25 bits per heavy atom. The van der Waals surface area contributed by atoms with Crippen molar-refractivity contribution in [3.05, 3.63) is 70.3 Å². The van der Waals surface area contributed by atoms with E-state index in [9.17, 15) is 14.0 Å². The monoisotopic (exact) mass is 381 g/mol. The number of hydrogen-bond acceptors (Lipinski definition) is 4. The largest absolute Gasteiger partial charge is 0.495 e. The number of para-hydroxylation sites is 2. The summed E-state index contributed by atoms with van der Waals surface area (Å²) in [5.41, 5.74) is 1.10. The van der Waals surface area contributed by atoms with E-state index in [2.05, 4.69) is 15.2 Å². The van der Waals surface area contributed by atoms with Crippen LogP contribution in [0, 0.1) is 5.82 Å². The Morgan fingerprint density at radius 2 is 2.07 bits per heavy atom. The fourth-order valence-corrected chi connectivity index (χ4v) is 3.67. The van der Waals surface area contributed by atoms with Crippen LogP contribution >= 0.6 is 0 Å². The number of fused-ring (bicyclic) bond motifs is 1. The molecule has 1 aliphatic rings. The molecule has 0 aliphatic carbocycles. The smallest absolute Gasteiger partial charge is 0.252 e. The molecule has 144 valence electrons. The number of ether oxygens (including phenoxy) is 1. The van der Waals surface area contributed by atoms with Gasteiger partial charge in [0, 0.05) is 30.6 Å². The fourth-order valence-electron chi connectivity index (χ4n) is 3.67. The quantitative estimate of drug-likeness (QED) is 0.729. The highest BCUT2D eigenvalue weighted by Gasteiger charge is 2.26. The van der Waals surface area contributed by atoms with Crippen molar-refractivity contribution >= 4 is 22.5 Å². The maximum absolute atomic E-state index is 13.5. The molecular weight excluding hydrogens is 361 g/mol. The standard InChI is InChI=1S/C21H20FN3O3/c1-28-19-5-3-2-4-18(19)25-9-8-14(12-25)23-21(27)16-11-20(26)24-17-10-13(22)6-7-15(16)17/h2-7,10-11,14H,8-9,12H2,1H3,(H,23,27)(H,24,26). The molecule has 1 aliphatic heterocycles. The summed E-state index contributed by atoms with van der Waals surface area (Å²) in [6.45, 7) is 1.43. The molecule has 2 heterocycles. The molecule has 1 saturated heterocycles. The number of anilines is 1. The van der Waals surface area contributed by atoms with Crippen LogP contribution in [0.1, 0.15) is 16.8 Å². The zero-order chi connectivity index (χ0) is 19.7. The van der Waals surface area contributed by atoms with Gasteiger partial charge in [-0.2, -0.15) is 0 Å². The lowest BCUT2D eigenvalue weighted by atomic mass is 10.1. The summed E-state index contributed by atoms with van der Waals surface area (Å²) in [5, 5.41) is 3.51. The minimum absolute atomic E-state index is 0.0628. The summed E-state index contributed by atoms with van der Waals surface area (Å²) < 4.78 is 18.9. The van der Waals surface area contributed by atoms with E-state index in [1.54, 1.807) is 7.11 Å². The van der Waals surface area contributed by atoms with Crippen LogP contribution < -0.4 is 20.5 Å². The highest BCUT2D eigenvalue weighted by molar-refractivity contribution is 6.06. The van der Waals surface area contributed by atoms with Crippen molar-refractivity contribution in [2.75, 3.05) is 25.1 Å². The van der Waals surface area contributed by atoms with E-state index in [1.807, 2.05) is 24.3 Å². The average molecular weight is 381 g/mol. The van der Waals surface area contributed by atoms with Crippen LogP contribution in [0.5, 0.6) is 5.75 Å². The van der Waals surface area contributed by atoms with E-state index in [1.165, 1.54) is 24.3 Å². The molecule has 1 fully saturated rings. The molecule has 2 N–H and O–H groups in total. The lowest BCUT2D eigenvalue weighted by Crippen LogP contribution is -2.37. The second-order valence-electron chi connectivity index (χ2n) is 6.81. The number of H-pyrrole nitrogens is 1. The van der Waals surface area contributed by atoms with Crippen molar-refractivity contribution in [2.24, 2.45) is 0 Å². The van der Waals surface area contributed by atoms with Gasteiger partial charge in [-0.05, 0) is 36.8 Å². The van der Waals surface area contributed by atoms with Gasteiger partial charge in [0.2, 0.25) is 5.56 Å². The Morgan fingerprint density at radius 3 is 2.89 bits per heavy atom. The molecule has 0 radical (unpaired) electrons. The highest BCUT2D eigenvalue weighted by atomic mass is 19.1. The number of carbonyl (C=O) groups excluding carboxylic acids is 1. The number of aromatic nitrogens is 1. The summed E-state index contributed by atoms with van der Waals surface area (Å²) in [5.74, 6) is -0.0179. The number of pyridine rings is 1. The Labute approximate surface area is 160 Å². The van der Waals surface area contributed by atoms with Gasteiger partial charge in [-0.3, -0.25) is 9.59 Å². The zero-order valence-corrected chi connectivity index (χ0v) is 15.4. The Bertz CT molecular complexity index is 1100. The third-order valence-corrected chi connectivity index (χ3v) is 5.00. The van der Waals surface area contributed by atoms with Crippen LogP contribution in [-0.4, -0.2) is 37.1 Å². The van der Waals surface area contributed by atoms with Crippen molar-refractivity contribution in [2.45, 2.75) is 12.5 Å². The van der Waals surface area contributed by atoms with Crippen LogP contribution in [0.15, 0.2) is 53.3 Å². The van der Waals surface area contributed by atoms with E-state index >= 15 is 0 Å². The normalized spacial score (nSPS) is 16.4. The number of aromatic amines is 1. The minimum Gasteiger partial charge on any atom is -0.495 e. The first-order valence-corrected chi connectivity index (χ1v) is 9.06. The van der Waals surface area contributed by atoms with Crippen molar-refractivity contribution in [1.82, 2.24) is 10.3 Å². The van der Waals surface area contributed by atoms with Crippen LogP contribution in [-0.2, 0) is 0 Å². The molecule has 1 amide bonds. The van der Waals surface area contributed by atoms with Crippen molar-refractivity contribution in [3.63, 3.8) is 0 Å². The SMILES string of the molecule is COc1ccccc1N1CCC(NC(=O)c2cc(=O)[nH]c3cc(F)ccc23)C1. The van der Waals surface area contributed by atoms with Crippen LogP contribution in [0.4, 0.5) is 10.1 Å². The molecule has 0 bridgehead atoms. The first-order chi connectivity index (χ1) is 13.5. The number of rotatable bonds is 4. The van der Waals surface area contributed by atoms with Crippen LogP contribution in [0.25, 0.3) is 10.9 Å². The first kappa shape index (κ1) is 18.0. The molecule has 1 aromatic heterocycles. The number of hydrogen-bond donors (Lipinski definition) is 2. The molecule has 3 aromatic rings. The lowest BCUT2D eigenvalue weighted by Gasteiger charge is -2.21. The maximum atomic E-state index is 13.5. The first-order valence-electron chi connectivity index (χ1n) is 9.06. The van der Waals surface area contributed by atoms with Gasteiger partial charge in [0.1, 0.15) is 11.6 Å². The van der Waals surface area contributed by atoms with Gasteiger partial charge < -0.3 is 19.9 Å². The molecule has 4 rings (SSSR count). The summed E-state index contributed by atoms with van der Waals surface area (Å²) >= 11 is 0. The molecule has 28 heavy (non-hydrogen) atoms. The topological polar surface area (TPSA) is 74.4 Å². The zero-order valence-electron chi connectivity index (χ0n) is 15.4. The number of nitrogens with zero attached hydrogens (tertiary/aromatic N) is 1. The van der Waals surface area contributed by atoms with Gasteiger partial charge in [-0.15, -0.1) is 0 Å². The van der Waals surface area contributed by atoms with E-state index < -0.39 is 11.4 Å². The van der Waals surface area contributed by atoms with Gasteiger partial charge >= 0.3 is 0 Å². The van der Waals surface area contributed by atoms with Gasteiger partial charge in [0.15, 0.2) is 0 Å². The van der Waals surface area contributed by atoms with Gasteiger partial charge in [-0.1, -0.05) is 12.1 Å². The molecule has 1 unspecified atom stereocenters. The second-order valence-corrected chi connectivity index (χ2v) is 6.81. The van der Waals surface area contributed by atoms with E-state index in [0.29, 0.717) is 17.4 Å². The van der Waals surface area contributed by atoms with Crippen molar-refractivity contribution in [1.29, 1.82) is 0 Å². The van der Waals surface area contributed by atoms with Crippen LogP contribution in [0.2, 0.25) is 0 Å². The van der Waals surface area contributed by atoms with Crippen LogP contribution in [0.3, 0.4) is 0 Å². The van der Waals surface area contributed by atoms with E-state index in [4.69, 9.17) is 4.74 Å². The molecule has 2 aromatic carbocycles. The number of nitrogens with one attached hydrogen (secondary N) is 2. The number of benzene rings is 2. The number of amides is 1. The Kier molecular flexibility index (Phi) is 4.73. The highest BCUT2D eigenvalue weighted by Crippen LogP contribution is 2.30. The summed E-state index contributed by atoms with van der Waals surface area (Å²) in [4.78, 5) is 29.4.